The van der Waals surface area contributed by atoms with Gasteiger partial charge in [-0.25, -0.2) is 12.7 Å². The minimum absolute atomic E-state index is 0.0531. The lowest BCUT2D eigenvalue weighted by Crippen LogP contribution is -2.32. The number of ether oxygens (including phenoxy) is 1. The number of aromatic nitrogens is 1. The van der Waals surface area contributed by atoms with Crippen molar-refractivity contribution in [3.63, 3.8) is 0 Å². The van der Waals surface area contributed by atoms with Gasteiger partial charge in [-0.1, -0.05) is 12.1 Å². The molecule has 0 spiro atoms. The van der Waals surface area contributed by atoms with E-state index < -0.39 is 21.5 Å². The minimum atomic E-state index is -3.69. The maximum absolute atomic E-state index is 12.2. The Morgan fingerprint density at radius 1 is 1.23 bits per heavy atom. The lowest BCUT2D eigenvalue weighted by atomic mass is 10.2. The number of nitrogens with one attached hydrogen (secondary N) is 1. The molecule has 0 saturated heterocycles. The van der Waals surface area contributed by atoms with Gasteiger partial charge in [0.2, 0.25) is 15.9 Å². The molecule has 8 nitrogen and oxygen atoms in total. The molecule has 1 heterocycles. The van der Waals surface area contributed by atoms with Crippen molar-refractivity contribution in [2.45, 2.75) is 18.0 Å². The number of nitrogens with zero attached hydrogens (tertiary/aromatic N) is 2. The average Bonchev–Trinajstić information content (AvgIpc) is 2.61. The molecule has 0 atom stereocenters. The molecule has 1 aromatic heterocycles. The third-order valence-electron chi connectivity index (χ3n) is 3.67. The molecule has 0 unspecified atom stereocenters. The van der Waals surface area contributed by atoms with Gasteiger partial charge in [0.15, 0.2) is 0 Å². The molecule has 0 saturated carbocycles. The van der Waals surface area contributed by atoms with Crippen molar-refractivity contribution in [3.05, 3.63) is 58.5 Å². The molecular formula is C17H21N3O5S. The zero-order valence-corrected chi connectivity index (χ0v) is 15.6. The first-order valence-electron chi connectivity index (χ1n) is 7.76. The van der Waals surface area contributed by atoms with Crippen molar-refractivity contribution in [1.82, 2.24) is 14.2 Å². The first kappa shape index (κ1) is 19.7. The highest BCUT2D eigenvalue weighted by Gasteiger charge is 2.18. The molecule has 26 heavy (non-hydrogen) atoms. The second-order valence-corrected chi connectivity index (χ2v) is 7.90. The number of hydrogen-bond donors (Lipinski definition) is 1. The van der Waals surface area contributed by atoms with Crippen LogP contribution in [0.25, 0.3) is 0 Å². The molecule has 140 valence electrons. The summed E-state index contributed by atoms with van der Waals surface area (Å²) in [5, 5.41) is 2.69. The predicted molar refractivity (Wildman–Crippen MR) is 96.4 cm³/mol. The van der Waals surface area contributed by atoms with Crippen LogP contribution >= 0.6 is 0 Å². The van der Waals surface area contributed by atoms with Gasteiger partial charge in [-0.15, -0.1) is 0 Å². The van der Waals surface area contributed by atoms with E-state index in [1.807, 2.05) is 6.07 Å². The minimum Gasteiger partial charge on any atom is -0.497 e. The van der Waals surface area contributed by atoms with Crippen molar-refractivity contribution >= 4 is 15.9 Å². The van der Waals surface area contributed by atoms with Crippen LogP contribution in [0.15, 0.2) is 52.3 Å². The Morgan fingerprint density at radius 3 is 2.62 bits per heavy atom. The van der Waals surface area contributed by atoms with Crippen LogP contribution in [-0.2, 0) is 27.9 Å². The Kier molecular flexibility index (Phi) is 6.17. The summed E-state index contributed by atoms with van der Waals surface area (Å²) in [5.74, 6) is 0.267. The normalized spacial score (nSPS) is 11.4. The molecule has 9 heteroatoms. The van der Waals surface area contributed by atoms with E-state index in [4.69, 9.17) is 4.74 Å². The monoisotopic (exact) mass is 379 g/mol. The molecule has 2 aromatic rings. The van der Waals surface area contributed by atoms with Gasteiger partial charge in [0.1, 0.15) is 12.3 Å². The quantitative estimate of drug-likeness (QED) is 0.752. The third-order valence-corrected chi connectivity index (χ3v) is 5.47. The van der Waals surface area contributed by atoms with E-state index in [1.54, 1.807) is 25.3 Å². The van der Waals surface area contributed by atoms with Crippen molar-refractivity contribution in [2.24, 2.45) is 0 Å². The standard InChI is InChI=1S/C17H21N3O5S/c1-19(2)26(23,24)15-7-8-17(22)20(11-15)12-16(21)18-10-13-5-4-6-14(9-13)25-3/h4-9,11H,10,12H2,1-3H3,(H,18,21). The number of hydrogen-bond acceptors (Lipinski definition) is 5. The van der Waals surface area contributed by atoms with Crippen LogP contribution in [0.5, 0.6) is 5.75 Å². The van der Waals surface area contributed by atoms with Crippen molar-refractivity contribution in [3.8, 4) is 5.75 Å². The van der Waals surface area contributed by atoms with Gasteiger partial charge in [-0.2, -0.15) is 0 Å². The number of rotatable bonds is 7. The molecule has 1 amide bonds. The number of benzene rings is 1. The summed E-state index contributed by atoms with van der Waals surface area (Å²) in [6, 6.07) is 9.58. The molecule has 0 fully saturated rings. The molecule has 0 radical (unpaired) electrons. The lowest BCUT2D eigenvalue weighted by molar-refractivity contribution is -0.121. The van der Waals surface area contributed by atoms with Crippen LogP contribution in [0.2, 0.25) is 0 Å². The van der Waals surface area contributed by atoms with E-state index in [9.17, 15) is 18.0 Å². The lowest BCUT2D eigenvalue weighted by Gasteiger charge is -2.13. The third kappa shape index (κ3) is 4.70. The van der Waals surface area contributed by atoms with Crippen LogP contribution in [0.1, 0.15) is 5.56 Å². The van der Waals surface area contributed by atoms with Gasteiger partial charge >= 0.3 is 0 Å². The van der Waals surface area contributed by atoms with Gasteiger partial charge < -0.3 is 14.6 Å². The molecule has 1 N–H and O–H groups in total. The Morgan fingerprint density at radius 2 is 1.96 bits per heavy atom. The first-order chi connectivity index (χ1) is 12.2. The first-order valence-corrected chi connectivity index (χ1v) is 9.20. The van der Waals surface area contributed by atoms with E-state index in [-0.39, 0.29) is 18.0 Å². The predicted octanol–water partition coefficient (Wildman–Crippen LogP) is 0.424. The number of carbonyl (C=O) groups excluding carboxylic acids is 1. The number of amides is 1. The van der Waals surface area contributed by atoms with Crippen LogP contribution in [0.3, 0.4) is 0 Å². The SMILES string of the molecule is COc1cccc(CNC(=O)Cn2cc(S(=O)(=O)N(C)C)ccc2=O)c1. The van der Waals surface area contributed by atoms with Crippen molar-refractivity contribution < 1.29 is 17.9 Å². The molecule has 1 aromatic carbocycles. The highest BCUT2D eigenvalue weighted by Crippen LogP contribution is 2.12. The molecular weight excluding hydrogens is 358 g/mol. The molecule has 0 aliphatic rings. The second kappa shape index (κ2) is 8.15. The smallest absolute Gasteiger partial charge is 0.251 e. The van der Waals surface area contributed by atoms with E-state index in [1.165, 1.54) is 26.4 Å². The Bertz CT molecular complexity index is 951. The van der Waals surface area contributed by atoms with Gasteiger partial charge in [0.25, 0.3) is 5.56 Å². The average molecular weight is 379 g/mol. The van der Waals surface area contributed by atoms with Crippen LogP contribution < -0.4 is 15.6 Å². The summed E-state index contributed by atoms with van der Waals surface area (Å²) in [4.78, 5) is 24.0. The highest BCUT2D eigenvalue weighted by atomic mass is 32.2. The molecule has 0 aliphatic carbocycles. The second-order valence-electron chi connectivity index (χ2n) is 5.75. The zero-order valence-electron chi connectivity index (χ0n) is 14.8. The fourth-order valence-corrected chi connectivity index (χ4v) is 3.11. The summed E-state index contributed by atoms with van der Waals surface area (Å²) in [6.45, 7) is -0.0138. The maximum atomic E-state index is 12.2. The van der Waals surface area contributed by atoms with Gasteiger partial charge in [-0.05, 0) is 23.8 Å². The Labute approximate surface area is 152 Å². The molecule has 2 rings (SSSR count). The number of methoxy groups -OCH3 is 1. The molecule has 0 bridgehead atoms. The largest absolute Gasteiger partial charge is 0.497 e. The highest BCUT2D eigenvalue weighted by molar-refractivity contribution is 7.89. The maximum Gasteiger partial charge on any atom is 0.251 e. The Hall–Kier alpha value is -2.65. The van der Waals surface area contributed by atoms with Crippen LogP contribution in [0.4, 0.5) is 0 Å². The molecule has 0 aliphatic heterocycles. The van der Waals surface area contributed by atoms with Crippen molar-refractivity contribution in [2.75, 3.05) is 21.2 Å². The van der Waals surface area contributed by atoms with Gasteiger partial charge in [0, 0.05) is 32.9 Å². The number of pyridine rings is 1. The summed E-state index contributed by atoms with van der Waals surface area (Å²) in [6.07, 6.45) is 1.17. The summed E-state index contributed by atoms with van der Waals surface area (Å²) in [7, 11) is 0.656. The van der Waals surface area contributed by atoms with E-state index in [0.29, 0.717) is 5.75 Å². The van der Waals surface area contributed by atoms with Crippen molar-refractivity contribution in [1.29, 1.82) is 0 Å². The van der Waals surface area contributed by atoms with E-state index in [0.717, 1.165) is 20.5 Å². The summed E-state index contributed by atoms with van der Waals surface area (Å²) < 4.78 is 31.5. The van der Waals surface area contributed by atoms with E-state index in [2.05, 4.69) is 5.32 Å². The van der Waals surface area contributed by atoms with Gasteiger partial charge in [0.05, 0.1) is 12.0 Å². The fraction of sp³-hybridized carbons (Fsp3) is 0.294. The topological polar surface area (TPSA) is 97.7 Å². The van der Waals surface area contributed by atoms with Gasteiger partial charge in [-0.3, -0.25) is 9.59 Å². The number of carbonyl (C=O) groups is 1. The summed E-state index contributed by atoms with van der Waals surface area (Å²) >= 11 is 0. The summed E-state index contributed by atoms with van der Waals surface area (Å²) in [5.41, 5.74) is 0.383. The van der Waals surface area contributed by atoms with E-state index >= 15 is 0 Å². The fourth-order valence-electron chi connectivity index (χ4n) is 2.19. The van der Waals surface area contributed by atoms with Crippen LogP contribution in [0, 0.1) is 0 Å². The number of sulfonamides is 1. The Balaban J connectivity index is 2.10. The van der Waals surface area contributed by atoms with Crippen LogP contribution in [-0.4, -0.2) is 44.4 Å². The zero-order chi connectivity index (χ0) is 19.3.